The van der Waals surface area contributed by atoms with Crippen molar-refractivity contribution in [2.45, 2.75) is 83.7 Å². The van der Waals surface area contributed by atoms with Crippen molar-refractivity contribution in [2.75, 3.05) is 6.61 Å². The van der Waals surface area contributed by atoms with Crippen LogP contribution >= 0.6 is 0 Å². The predicted molar refractivity (Wildman–Crippen MR) is 80.2 cm³/mol. The van der Waals surface area contributed by atoms with E-state index in [0.29, 0.717) is 27.7 Å². The van der Waals surface area contributed by atoms with Crippen molar-refractivity contribution in [3.63, 3.8) is 0 Å². The molecule has 0 N–H and O–H groups in total. The van der Waals surface area contributed by atoms with Gasteiger partial charge in [0.15, 0.2) is 0 Å². The van der Waals surface area contributed by atoms with Crippen LogP contribution in [-0.2, 0) is 18.7 Å². The number of hydrogen-bond donors (Lipinski definition) is 0. The molecule has 0 aromatic carbocycles. The summed E-state index contributed by atoms with van der Waals surface area (Å²) in [7, 11) is 0.920. The topological polar surface area (TPSA) is 52.6 Å². The number of rotatable bonds is 15. The van der Waals surface area contributed by atoms with E-state index in [4.69, 9.17) is 4.65 Å². The zero-order chi connectivity index (χ0) is 15.1. The molecule has 0 rings (SSSR count). The first kappa shape index (κ1) is 19.3. The van der Waals surface area contributed by atoms with Gasteiger partial charge in [0.25, 0.3) is 0 Å². The van der Waals surface area contributed by atoms with Gasteiger partial charge in [-0.3, -0.25) is 0 Å². The van der Waals surface area contributed by atoms with Crippen molar-refractivity contribution in [1.29, 1.82) is 0 Å². The third-order valence-electron chi connectivity index (χ3n) is 3.71. The van der Waals surface area contributed by atoms with Crippen LogP contribution in [0.4, 0.5) is 0 Å². The fourth-order valence-electron chi connectivity index (χ4n) is 2.31. The van der Waals surface area contributed by atoms with Gasteiger partial charge in [-0.2, -0.15) is 0 Å². The van der Waals surface area contributed by atoms with Crippen LogP contribution in [0.2, 0.25) is 0 Å². The Morgan fingerprint density at radius 1 is 0.850 bits per heavy atom. The number of unbranched alkanes of at least 4 members (excludes halogenated alkanes) is 7. The van der Waals surface area contributed by atoms with Crippen molar-refractivity contribution in [3.05, 3.63) is 0 Å². The predicted octanol–water partition coefficient (Wildman–Crippen LogP) is 3.63. The standard InChI is InChI=1S/C14H28B2O4/c1-3-4-5-6-7-8-9-10-11-14(2,20-16-18)12-13-19-15-17/h3-13H2,1-2H3. The van der Waals surface area contributed by atoms with E-state index < -0.39 is 5.60 Å². The second kappa shape index (κ2) is 13.3. The third kappa shape index (κ3) is 11.2. The molecule has 0 saturated heterocycles. The van der Waals surface area contributed by atoms with Gasteiger partial charge in [-0.25, -0.2) is 0 Å². The van der Waals surface area contributed by atoms with Crippen molar-refractivity contribution >= 4 is 14.7 Å². The minimum absolute atomic E-state index is 0.296. The molecule has 0 aliphatic carbocycles. The maximum atomic E-state index is 10.6. The molecule has 0 aliphatic heterocycles. The van der Waals surface area contributed by atoms with Crippen LogP contribution in [0.3, 0.4) is 0 Å². The molecule has 114 valence electrons. The zero-order valence-electron chi connectivity index (χ0n) is 13.1. The molecule has 0 bridgehead atoms. The molecule has 20 heavy (non-hydrogen) atoms. The van der Waals surface area contributed by atoms with Gasteiger partial charge in [-0.05, 0) is 0 Å². The second-order valence-electron chi connectivity index (χ2n) is 5.61. The second-order valence-corrected chi connectivity index (χ2v) is 5.61. The minimum atomic E-state index is -0.507. The summed E-state index contributed by atoms with van der Waals surface area (Å²) in [6.45, 7) is 4.42. The van der Waals surface area contributed by atoms with Gasteiger partial charge in [0.05, 0.1) is 0 Å². The molecule has 0 fully saturated rings. The summed E-state index contributed by atoms with van der Waals surface area (Å²) in [4.78, 5) is 0. The van der Waals surface area contributed by atoms with E-state index >= 15 is 0 Å². The van der Waals surface area contributed by atoms with Crippen molar-refractivity contribution in [3.8, 4) is 0 Å². The van der Waals surface area contributed by atoms with Gasteiger partial charge in [0, 0.05) is 0 Å². The first-order valence-corrected chi connectivity index (χ1v) is 7.85. The summed E-state index contributed by atoms with van der Waals surface area (Å²) in [5, 5.41) is 0. The molecule has 4 nitrogen and oxygen atoms in total. The first-order chi connectivity index (χ1) is 9.68. The Morgan fingerprint density at radius 3 is 2.00 bits per heavy atom. The Labute approximate surface area is 124 Å². The molecule has 0 saturated carbocycles. The third-order valence-corrected chi connectivity index (χ3v) is 3.71. The molecular formula is C14H28B2O4. The summed E-state index contributed by atoms with van der Waals surface area (Å²) >= 11 is 0. The molecular weight excluding hydrogens is 254 g/mol. The van der Waals surface area contributed by atoms with Crippen LogP contribution in [0.1, 0.15) is 78.1 Å². The molecule has 0 aliphatic rings. The van der Waals surface area contributed by atoms with Crippen LogP contribution in [0.15, 0.2) is 0 Å². The first-order valence-electron chi connectivity index (χ1n) is 7.85. The summed E-state index contributed by atoms with van der Waals surface area (Å²) < 4.78 is 30.5. The normalized spacial score (nSPS) is 13.1. The molecule has 0 aromatic heterocycles. The quantitative estimate of drug-likeness (QED) is 0.340. The molecule has 1 unspecified atom stereocenters. The fraction of sp³-hybridized carbons (Fsp3) is 1.00. The number of hydrogen-bond acceptors (Lipinski definition) is 4. The van der Waals surface area contributed by atoms with E-state index in [1.165, 1.54) is 44.9 Å². The van der Waals surface area contributed by atoms with Crippen molar-refractivity contribution in [1.82, 2.24) is 0 Å². The van der Waals surface area contributed by atoms with E-state index in [2.05, 4.69) is 11.6 Å². The molecule has 0 aromatic rings. The van der Waals surface area contributed by atoms with Crippen LogP contribution in [-0.4, -0.2) is 26.9 Å². The average molecular weight is 282 g/mol. The van der Waals surface area contributed by atoms with E-state index in [9.17, 15) is 9.41 Å². The fourth-order valence-corrected chi connectivity index (χ4v) is 2.31. The molecule has 0 amide bonds. The summed E-state index contributed by atoms with van der Waals surface area (Å²) in [5.74, 6) is 0. The van der Waals surface area contributed by atoms with Crippen molar-refractivity contribution in [2.24, 2.45) is 0 Å². The molecule has 6 heteroatoms. The summed E-state index contributed by atoms with van der Waals surface area (Å²) in [5.41, 5.74) is -0.507. The van der Waals surface area contributed by atoms with Crippen LogP contribution < -0.4 is 0 Å². The van der Waals surface area contributed by atoms with E-state index in [-0.39, 0.29) is 0 Å². The van der Waals surface area contributed by atoms with E-state index in [1.54, 1.807) is 0 Å². The van der Waals surface area contributed by atoms with Crippen molar-refractivity contribution < 1.29 is 18.7 Å². The Hall–Kier alpha value is -0.670. The SMILES string of the molecule is CCCCCCCCCCC(C)(CCOB=O)OB=O. The van der Waals surface area contributed by atoms with Gasteiger partial charge >= 0.3 is 124 Å². The van der Waals surface area contributed by atoms with E-state index in [1.807, 2.05) is 6.92 Å². The monoisotopic (exact) mass is 282 g/mol. The Balaban J connectivity index is 3.68. The molecule has 0 spiro atoms. The molecule has 0 radical (unpaired) electrons. The summed E-state index contributed by atoms with van der Waals surface area (Å²) in [6.07, 6.45) is 11.4. The van der Waals surface area contributed by atoms with Gasteiger partial charge in [-0.1, -0.05) is 0 Å². The van der Waals surface area contributed by atoms with Gasteiger partial charge < -0.3 is 0 Å². The zero-order valence-corrected chi connectivity index (χ0v) is 13.1. The van der Waals surface area contributed by atoms with E-state index in [0.717, 1.165) is 12.8 Å². The van der Waals surface area contributed by atoms with Crippen LogP contribution in [0.5, 0.6) is 0 Å². The van der Waals surface area contributed by atoms with Gasteiger partial charge in [0.1, 0.15) is 0 Å². The Morgan fingerprint density at radius 2 is 1.45 bits per heavy atom. The molecule has 0 heterocycles. The Kier molecular flexibility index (Phi) is 12.9. The Bertz CT molecular complexity index is 251. The van der Waals surface area contributed by atoms with Gasteiger partial charge in [-0.15, -0.1) is 0 Å². The average Bonchev–Trinajstić information content (AvgIpc) is 2.42. The van der Waals surface area contributed by atoms with Crippen LogP contribution in [0.25, 0.3) is 0 Å². The maximum absolute atomic E-state index is 10.6. The van der Waals surface area contributed by atoms with Crippen LogP contribution in [0, 0.1) is 0 Å². The molecule has 1 atom stereocenters. The summed E-state index contributed by atoms with van der Waals surface area (Å²) in [6, 6.07) is 0. The van der Waals surface area contributed by atoms with Gasteiger partial charge in [0.2, 0.25) is 0 Å².